The van der Waals surface area contributed by atoms with Crippen molar-refractivity contribution in [2.75, 3.05) is 24.5 Å². The summed E-state index contributed by atoms with van der Waals surface area (Å²) in [7, 11) is 0. The van der Waals surface area contributed by atoms with E-state index in [1.807, 2.05) is 19.1 Å². The number of hydrogen-bond acceptors (Lipinski definition) is 5. The largest absolute Gasteiger partial charge is 0.504 e. The zero-order valence-corrected chi connectivity index (χ0v) is 25.5. The zero-order chi connectivity index (χ0) is 29.7. The Morgan fingerprint density at radius 2 is 1.81 bits per heavy atom. The molecule has 2 aliphatic heterocycles. The molecule has 4 heterocycles. The number of aromatic hydroxyl groups is 1. The highest BCUT2D eigenvalue weighted by atomic mass is 16.3. The Balaban J connectivity index is 1.13. The lowest BCUT2D eigenvalue weighted by molar-refractivity contribution is -0.133. The maximum Gasteiger partial charge on any atom is 0.225 e. The zero-order valence-electron chi connectivity index (χ0n) is 25.5. The number of para-hydroxylation sites is 1. The smallest absolute Gasteiger partial charge is 0.225 e. The van der Waals surface area contributed by atoms with Crippen LogP contribution in [-0.2, 0) is 17.8 Å². The molecule has 0 bridgehead atoms. The molecule has 222 valence electrons. The van der Waals surface area contributed by atoms with Gasteiger partial charge in [-0.3, -0.25) is 4.79 Å². The third-order valence-corrected chi connectivity index (χ3v) is 9.75. The van der Waals surface area contributed by atoms with E-state index in [1.165, 1.54) is 34.1 Å². The molecule has 1 aliphatic carbocycles. The Labute approximate surface area is 254 Å². The first-order valence-electron chi connectivity index (χ1n) is 15.9. The number of carbonyl (C=O) groups is 1. The highest BCUT2D eigenvalue weighted by Crippen LogP contribution is 2.44. The Kier molecular flexibility index (Phi) is 7.20. The molecule has 43 heavy (non-hydrogen) atoms. The topological polar surface area (TPSA) is 74.5 Å². The first-order valence-corrected chi connectivity index (χ1v) is 15.9. The van der Waals surface area contributed by atoms with E-state index >= 15 is 0 Å². The number of piperidine rings is 1. The Bertz CT molecular complexity index is 1660. The van der Waals surface area contributed by atoms with Crippen molar-refractivity contribution in [2.24, 2.45) is 5.92 Å². The average molecular weight is 576 g/mol. The fourth-order valence-electron chi connectivity index (χ4n) is 7.14. The fourth-order valence-corrected chi connectivity index (χ4v) is 7.14. The van der Waals surface area contributed by atoms with E-state index in [9.17, 15) is 9.90 Å². The summed E-state index contributed by atoms with van der Waals surface area (Å²) in [5.74, 6) is 2.56. The number of aromatic nitrogens is 3. The van der Waals surface area contributed by atoms with Crippen LogP contribution in [0.4, 0.5) is 5.69 Å². The quantitative estimate of drug-likeness (QED) is 0.264. The molecule has 7 rings (SSSR count). The minimum Gasteiger partial charge on any atom is -0.504 e. The summed E-state index contributed by atoms with van der Waals surface area (Å²) in [6.07, 6.45) is 6.44. The highest BCUT2D eigenvalue weighted by Gasteiger charge is 2.35. The lowest BCUT2D eigenvalue weighted by Gasteiger charge is -2.32. The molecular weight excluding hydrogens is 534 g/mol. The van der Waals surface area contributed by atoms with Gasteiger partial charge in [0.2, 0.25) is 5.91 Å². The lowest BCUT2D eigenvalue weighted by Crippen LogP contribution is -2.38. The number of carbonyl (C=O) groups excluding carboxylic acids is 1. The molecule has 1 atom stereocenters. The molecule has 1 saturated carbocycles. The predicted octanol–water partition coefficient (Wildman–Crippen LogP) is 6.75. The minimum absolute atomic E-state index is 0.200. The number of aryl methyl sites for hydroxylation is 1. The second kappa shape index (κ2) is 11.2. The molecule has 2 fully saturated rings. The summed E-state index contributed by atoms with van der Waals surface area (Å²) in [6, 6.07) is 19.6. The molecule has 7 nitrogen and oxygen atoms in total. The van der Waals surface area contributed by atoms with Crippen LogP contribution in [0, 0.1) is 12.8 Å². The number of fused-ring (bicyclic) bond motifs is 1. The summed E-state index contributed by atoms with van der Waals surface area (Å²) >= 11 is 0. The molecule has 1 saturated heterocycles. The summed E-state index contributed by atoms with van der Waals surface area (Å²) < 4.78 is 1.74. The van der Waals surface area contributed by atoms with Crippen LogP contribution in [0.3, 0.4) is 0 Å². The number of anilines is 1. The number of amides is 1. The van der Waals surface area contributed by atoms with Gasteiger partial charge in [-0.2, -0.15) is 5.10 Å². The van der Waals surface area contributed by atoms with Crippen molar-refractivity contribution in [3.63, 3.8) is 0 Å². The van der Waals surface area contributed by atoms with Gasteiger partial charge in [0.25, 0.3) is 0 Å². The van der Waals surface area contributed by atoms with Gasteiger partial charge in [-0.15, -0.1) is 0 Å². The standard InChI is InChI=1S/C36H41N5O2/c1-4-32-33(42)20-37-41(32)34-10-6-9-31(38-34)30-8-5-7-29-24(3)21-40(35(29)30)22-28-14-13-27(19-23(28)2)25-15-17-39(18-16-25)36(43)26-11-12-26/h5-10,13-14,19-20,24-26,42H,4,11-12,15-18,21-22H2,1-3H3. The maximum absolute atomic E-state index is 12.5. The molecular formula is C36H41N5O2. The van der Waals surface area contributed by atoms with Gasteiger partial charge in [0.15, 0.2) is 11.6 Å². The van der Waals surface area contributed by atoms with Crippen LogP contribution in [0.1, 0.15) is 79.3 Å². The third-order valence-electron chi connectivity index (χ3n) is 9.75. The molecule has 0 spiro atoms. The van der Waals surface area contributed by atoms with Crippen molar-refractivity contribution >= 4 is 11.6 Å². The van der Waals surface area contributed by atoms with Crippen LogP contribution >= 0.6 is 0 Å². The molecule has 2 aromatic carbocycles. The van der Waals surface area contributed by atoms with Gasteiger partial charge in [-0.05, 0) is 79.3 Å². The molecule has 0 radical (unpaired) electrons. The Morgan fingerprint density at radius 3 is 2.56 bits per heavy atom. The molecule has 1 unspecified atom stereocenters. The van der Waals surface area contributed by atoms with E-state index in [0.717, 1.165) is 68.8 Å². The summed E-state index contributed by atoms with van der Waals surface area (Å²) in [4.78, 5) is 22.2. The molecule has 4 aromatic rings. The lowest BCUT2D eigenvalue weighted by atomic mass is 9.87. The van der Waals surface area contributed by atoms with Crippen molar-refractivity contribution in [1.82, 2.24) is 19.7 Å². The van der Waals surface area contributed by atoms with Crippen molar-refractivity contribution < 1.29 is 9.90 Å². The Morgan fingerprint density at radius 1 is 1.02 bits per heavy atom. The second-order valence-electron chi connectivity index (χ2n) is 12.7. The highest BCUT2D eigenvalue weighted by molar-refractivity contribution is 5.82. The predicted molar refractivity (Wildman–Crippen MR) is 170 cm³/mol. The monoisotopic (exact) mass is 575 g/mol. The normalized spacial score (nSPS) is 18.7. The molecule has 3 aliphatic rings. The van der Waals surface area contributed by atoms with Crippen LogP contribution < -0.4 is 4.90 Å². The van der Waals surface area contributed by atoms with Gasteiger partial charge in [0, 0.05) is 43.6 Å². The first-order chi connectivity index (χ1) is 20.9. The van der Waals surface area contributed by atoms with Gasteiger partial charge >= 0.3 is 0 Å². The van der Waals surface area contributed by atoms with Crippen LogP contribution in [0.5, 0.6) is 5.75 Å². The molecule has 1 N–H and O–H groups in total. The summed E-state index contributed by atoms with van der Waals surface area (Å²) in [5, 5.41) is 14.6. The van der Waals surface area contributed by atoms with E-state index in [2.05, 4.69) is 71.2 Å². The second-order valence-corrected chi connectivity index (χ2v) is 12.7. The van der Waals surface area contributed by atoms with Crippen LogP contribution in [0.25, 0.3) is 17.1 Å². The number of rotatable bonds is 7. The first kappa shape index (κ1) is 27.7. The van der Waals surface area contributed by atoms with Gasteiger partial charge in [-0.25, -0.2) is 9.67 Å². The number of hydrogen-bond donors (Lipinski definition) is 1. The van der Waals surface area contributed by atoms with Gasteiger partial charge in [0.1, 0.15) is 0 Å². The van der Waals surface area contributed by atoms with Crippen molar-refractivity contribution in [2.45, 2.75) is 71.3 Å². The van der Waals surface area contributed by atoms with Crippen molar-refractivity contribution in [3.8, 4) is 22.8 Å². The van der Waals surface area contributed by atoms with E-state index in [4.69, 9.17) is 4.98 Å². The number of likely N-dealkylation sites (tertiary alicyclic amines) is 1. The SMILES string of the molecule is CCc1c(O)cnn1-c1cccc(-c2cccc3c2N(Cc2ccc(C4CCN(C(=O)C5CC5)CC4)cc2C)CC3C)n1. The van der Waals surface area contributed by atoms with E-state index in [0.29, 0.717) is 35.9 Å². The van der Waals surface area contributed by atoms with Crippen LogP contribution in [-0.4, -0.2) is 50.3 Å². The number of pyridine rings is 1. The van der Waals surface area contributed by atoms with E-state index in [1.54, 1.807) is 4.68 Å². The van der Waals surface area contributed by atoms with E-state index < -0.39 is 0 Å². The third kappa shape index (κ3) is 5.19. The van der Waals surface area contributed by atoms with Crippen molar-refractivity contribution in [1.29, 1.82) is 0 Å². The Hall–Kier alpha value is -4.13. The van der Waals surface area contributed by atoms with Crippen molar-refractivity contribution in [3.05, 3.63) is 88.7 Å². The molecule has 7 heteroatoms. The van der Waals surface area contributed by atoms with E-state index in [-0.39, 0.29) is 5.75 Å². The van der Waals surface area contributed by atoms with Crippen LogP contribution in [0.2, 0.25) is 0 Å². The molecule has 2 aromatic heterocycles. The fraction of sp³-hybridized carbons (Fsp3) is 0.417. The number of benzene rings is 2. The minimum atomic E-state index is 0.200. The van der Waals surface area contributed by atoms with Gasteiger partial charge < -0.3 is 14.9 Å². The maximum atomic E-state index is 12.5. The summed E-state index contributed by atoms with van der Waals surface area (Å²) in [5.41, 5.74) is 9.50. The van der Waals surface area contributed by atoms with Gasteiger partial charge in [0.05, 0.1) is 23.3 Å². The van der Waals surface area contributed by atoms with Crippen LogP contribution in [0.15, 0.2) is 60.8 Å². The van der Waals surface area contributed by atoms with Gasteiger partial charge in [-0.1, -0.05) is 56.3 Å². The summed E-state index contributed by atoms with van der Waals surface area (Å²) in [6.45, 7) is 10.2. The average Bonchev–Trinajstić information content (AvgIpc) is 3.75. The number of nitrogens with zero attached hydrogens (tertiary/aromatic N) is 5. The molecule has 1 amide bonds.